The van der Waals surface area contributed by atoms with E-state index < -0.39 is 0 Å². The Labute approximate surface area is 66.9 Å². The molecule has 0 aromatic carbocycles. The lowest BCUT2D eigenvalue weighted by atomic mass is 9.73. The third-order valence-electron chi connectivity index (χ3n) is 4.67. The van der Waals surface area contributed by atoms with Crippen LogP contribution >= 0.6 is 11.6 Å². The van der Waals surface area contributed by atoms with Gasteiger partial charge in [0.1, 0.15) is 0 Å². The predicted octanol–water partition coefficient (Wildman–Crippen LogP) is 2.66. The van der Waals surface area contributed by atoms with Gasteiger partial charge in [0.15, 0.2) is 0 Å². The van der Waals surface area contributed by atoms with Crippen molar-refractivity contribution < 1.29 is 0 Å². The van der Waals surface area contributed by atoms with Gasteiger partial charge in [-0.3, -0.25) is 0 Å². The average Bonchev–Trinajstić information content (AvgIpc) is 2.77. The zero-order chi connectivity index (χ0) is 6.98. The minimum Gasteiger partial charge on any atom is -0.126 e. The molecular weight excluding hydrogens is 144 g/mol. The zero-order valence-corrected chi connectivity index (χ0v) is 7.12. The molecule has 3 aliphatic rings. The molecule has 4 atom stereocenters. The minimum absolute atomic E-state index is 0.650. The SMILES string of the molecule is CC12C3CCCC1(CCl)C32. The van der Waals surface area contributed by atoms with E-state index in [0.717, 1.165) is 23.1 Å². The molecule has 0 saturated heterocycles. The Bertz CT molecular complexity index is 201. The number of alkyl halides is 1. The van der Waals surface area contributed by atoms with E-state index in [1.807, 2.05) is 0 Å². The van der Waals surface area contributed by atoms with Gasteiger partial charge < -0.3 is 0 Å². The molecule has 10 heavy (non-hydrogen) atoms. The molecule has 0 radical (unpaired) electrons. The Balaban J connectivity index is 1.94. The van der Waals surface area contributed by atoms with Gasteiger partial charge >= 0.3 is 0 Å². The summed E-state index contributed by atoms with van der Waals surface area (Å²) in [6.07, 6.45) is 4.37. The fraction of sp³-hybridized carbons (Fsp3) is 1.00. The average molecular weight is 157 g/mol. The molecule has 0 amide bonds. The van der Waals surface area contributed by atoms with Crippen LogP contribution in [-0.2, 0) is 0 Å². The second-order valence-corrected chi connectivity index (χ2v) is 4.82. The van der Waals surface area contributed by atoms with Crippen molar-refractivity contribution >= 4 is 11.6 Å². The number of fused-ring (bicyclic) bond motifs is 2. The first-order chi connectivity index (χ1) is 4.77. The maximum atomic E-state index is 5.97. The molecule has 56 valence electrons. The largest absolute Gasteiger partial charge is 0.126 e. The molecule has 3 fully saturated rings. The van der Waals surface area contributed by atoms with E-state index in [4.69, 9.17) is 11.6 Å². The fourth-order valence-electron chi connectivity index (χ4n) is 3.92. The first-order valence-electron chi connectivity index (χ1n) is 4.33. The summed E-state index contributed by atoms with van der Waals surface area (Å²) in [5.41, 5.74) is 1.39. The summed E-state index contributed by atoms with van der Waals surface area (Å²) in [6, 6.07) is 0. The Hall–Kier alpha value is 0.290. The lowest BCUT2D eigenvalue weighted by Crippen LogP contribution is -2.28. The van der Waals surface area contributed by atoms with Crippen LogP contribution in [0.5, 0.6) is 0 Å². The molecule has 3 saturated carbocycles. The molecule has 0 spiro atoms. The van der Waals surface area contributed by atoms with E-state index in [1.165, 1.54) is 19.3 Å². The first-order valence-corrected chi connectivity index (χ1v) is 4.87. The van der Waals surface area contributed by atoms with Gasteiger partial charge in [-0.1, -0.05) is 13.3 Å². The van der Waals surface area contributed by atoms with Crippen molar-refractivity contribution in [3.63, 3.8) is 0 Å². The molecule has 0 nitrogen and oxygen atoms in total. The minimum atomic E-state index is 0.650. The number of hydrogen-bond donors (Lipinski definition) is 0. The number of halogens is 1. The van der Waals surface area contributed by atoms with Crippen LogP contribution in [0, 0.1) is 22.7 Å². The van der Waals surface area contributed by atoms with E-state index in [2.05, 4.69) is 6.92 Å². The third-order valence-corrected chi connectivity index (χ3v) is 5.15. The molecular formula is C9H13Cl. The van der Waals surface area contributed by atoms with Crippen molar-refractivity contribution in [3.05, 3.63) is 0 Å². The van der Waals surface area contributed by atoms with Crippen molar-refractivity contribution in [2.75, 3.05) is 5.88 Å². The summed E-state index contributed by atoms with van der Waals surface area (Å²) in [4.78, 5) is 0. The van der Waals surface area contributed by atoms with Crippen molar-refractivity contribution in [2.45, 2.75) is 26.2 Å². The Morgan fingerprint density at radius 3 is 2.70 bits per heavy atom. The molecule has 0 aliphatic heterocycles. The quantitative estimate of drug-likeness (QED) is 0.512. The second kappa shape index (κ2) is 1.29. The van der Waals surface area contributed by atoms with E-state index >= 15 is 0 Å². The highest BCUT2D eigenvalue weighted by Gasteiger charge is 2.91. The first kappa shape index (κ1) is 5.88. The van der Waals surface area contributed by atoms with Crippen LogP contribution in [0.15, 0.2) is 0 Å². The van der Waals surface area contributed by atoms with Crippen LogP contribution in [0.3, 0.4) is 0 Å². The number of hydrogen-bond acceptors (Lipinski definition) is 0. The van der Waals surface area contributed by atoms with E-state index in [-0.39, 0.29) is 0 Å². The van der Waals surface area contributed by atoms with E-state index in [1.54, 1.807) is 0 Å². The molecule has 0 aromatic rings. The lowest BCUT2D eigenvalue weighted by molar-refractivity contribution is 0.180. The van der Waals surface area contributed by atoms with Gasteiger partial charge in [0, 0.05) is 5.88 Å². The zero-order valence-electron chi connectivity index (χ0n) is 6.36. The standard InChI is InChI=1S/C9H13Cl/c1-8-6-3-2-4-9(8,5-10)7(6)8/h6-7H,2-5H2,1H3. The Morgan fingerprint density at radius 1 is 1.60 bits per heavy atom. The molecule has 0 N–H and O–H groups in total. The maximum absolute atomic E-state index is 5.97. The second-order valence-electron chi connectivity index (χ2n) is 4.55. The van der Waals surface area contributed by atoms with Gasteiger partial charge in [-0.15, -0.1) is 11.6 Å². The highest BCUT2D eigenvalue weighted by atomic mass is 35.5. The Kier molecular flexibility index (Phi) is 0.756. The maximum Gasteiger partial charge on any atom is 0.0288 e. The highest BCUT2D eigenvalue weighted by molar-refractivity contribution is 6.18. The van der Waals surface area contributed by atoms with Gasteiger partial charge in [-0.05, 0) is 35.5 Å². The van der Waals surface area contributed by atoms with Crippen LogP contribution in [0.4, 0.5) is 0 Å². The van der Waals surface area contributed by atoms with Crippen LogP contribution in [-0.4, -0.2) is 5.88 Å². The van der Waals surface area contributed by atoms with Gasteiger partial charge in [0.25, 0.3) is 0 Å². The van der Waals surface area contributed by atoms with E-state index in [0.29, 0.717) is 5.41 Å². The number of rotatable bonds is 1. The summed E-state index contributed by atoms with van der Waals surface area (Å²) >= 11 is 5.97. The van der Waals surface area contributed by atoms with Crippen LogP contribution in [0.1, 0.15) is 26.2 Å². The molecule has 1 heteroatoms. The topological polar surface area (TPSA) is 0 Å². The summed E-state index contributed by atoms with van der Waals surface area (Å²) in [5.74, 6) is 3.09. The summed E-state index contributed by atoms with van der Waals surface area (Å²) in [7, 11) is 0. The molecule has 4 unspecified atom stereocenters. The lowest BCUT2D eigenvalue weighted by Gasteiger charge is -2.34. The smallest absolute Gasteiger partial charge is 0.0288 e. The molecule has 0 heterocycles. The van der Waals surface area contributed by atoms with E-state index in [9.17, 15) is 0 Å². The molecule has 0 bridgehead atoms. The normalized spacial score (nSPS) is 69.0. The fourth-order valence-corrected chi connectivity index (χ4v) is 4.51. The van der Waals surface area contributed by atoms with Gasteiger partial charge in [-0.2, -0.15) is 0 Å². The van der Waals surface area contributed by atoms with Gasteiger partial charge in [0.05, 0.1) is 0 Å². The van der Waals surface area contributed by atoms with Crippen molar-refractivity contribution in [2.24, 2.45) is 22.7 Å². The third kappa shape index (κ3) is 0.317. The van der Waals surface area contributed by atoms with Crippen molar-refractivity contribution in [1.82, 2.24) is 0 Å². The van der Waals surface area contributed by atoms with Crippen LogP contribution < -0.4 is 0 Å². The Morgan fingerprint density at radius 2 is 2.30 bits per heavy atom. The van der Waals surface area contributed by atoms with Crippen molar-refractivity contribution in [1.29, 1.82) is 0 Å². The summed E-state index contributed by atoms with van der Waals surface area (Å²) in [5, 5.41) is 0. The monoisotopic (exact) mass is 156 g/mol. The van der Waals surface area contributed by atoms with Gasteiger partial charge in [-0.25, -0.2) is 0 Å². The summed E-state index contributed by atoms with van der Waals surface area (Å²) in [6.45, 7) is 2.45. The van der Waals surface area contributed by atoms with Crippen molar-refractivity contribution in [3.8, 4) is 0 Å². The predicted molar refractivity (Wildman–Crippen MR) is 42.1 cm³/mol. The van der Waals surface area contributed by atoms with Gasteiger partial charge in [0.2, 0.25) is 0 Å². The highest BCUT2D eigenvalue weighted by Crippen LogP contribution is 2.95. The van der Waals surface area contributed by atoms with Crippen LogP contribution in [0.2, 0.25) is 0 Å². The molecule has 0 aromatic heterocycles. The molecule has 3 rings (SSSR count). The summed E-state index contributed by atoms with van der Waals surface area (Å²) < 4.78 is 0. The van der Waals surface area contributed by atoms with Crippen LogP contribution in [0.25, 0.3) is 0 Å². The molecule has 3 aliphatic carbocycles.